The predicted octanol–water partition coefficient (Wildman–Crippen LogP) is 4.71. The molecule has 2 rings (SSSR count). The Hall–Kier alpha value is -0.540. The van der Waals surface area contributed by atoms with Crippen molar-refractivity contribution < 1.29 is 4.79 Å². The van der Waals surface area contributed by atoms with Crippen LogP contribution < -0.4 is 5.32 Å². The molecule has 18 heavy (non-hydrogen) atoms. The molecule has 1 aliphatic rings. The van der Waals surface area contributed by atoms with Gasteiger partial charge in [-0.3, -0.25) is 4.79 Å². The van der Waals surface area contributed by atoms with E-state index in [0.717, 1.165) is 23.2 Å². The maximum absolute atomic E-state index is 11.4. The van der Waals surface area contributed by atoms with Crippen LogP contribution in [-0.4, -0.2) is 5.91 Å². The number of nitrogens with one attached hydrogen (secondary N) is 1. The highest BCUT2D eigenvalue weighted by Crippen LogP contribution is 2.41. The van der Waals surface area contributed by atoms with E-state index in [-0.39, 0.29) is 16.1 Å². The van der Waals surface area contributed by atoms with Gasteiger partial charge in [0.2, 0.25) is 5.91 Å². The minimum atomic E-state index is 0.0418. The van der Waals surface area contributed by atoms with E-state index in [1.54, 1.807) is 0 Å². The first kappa shape index (κ1) is 13.9. The average molecular weight is 331 g/mol. The maximum atomic E-state index is 11.4. The van der Waals surface area contributed by atoms with Gasteiger partial charge in [-0.25, -0.2) is 0 Å². The SMILES string of the molecule is CC(C)(C)CC(Br)c1cc2c(cc1Cl)NC(=O)C2. The van der Waals surface area contributed by atoms with Crippen LogP contribution in [0.3, 0.4) is 0 Å². The Morgan fingerprint density at radius 3 is 2.72 bits per heavy atom. The Bertz CT molecular complexity index is 493. The highest BCUT2D eigenvalue weighted by atomic mass is 79.9. The van der Waals surface area contributed by atoms with Crippen molar-refractivity contribution in [2.24, 2.45) is 5.41 Å². The van der Waals surface area contributed by atoms with E-state index in [2.05, 4.69) is 42.0 Å². The highest BCUT2D eigenvalue weighted by molar-refractivity contribution is 9.09. The lowest BCUT2D eigenvalue weighted by Gasteiger charge is -2.23. The van der Waals surface area contributed by atoms with Crippen molar-refractivity contribution in [1.82, 2.24) is 0 Å². The van der Waals surface area contributed by atoms with Crippen LogP contribution in [0.2, 0.25) is 5.02 Å². The second-order valence-corrected chi connectivity index (χ2v) is 7.50. The molecule has 1 aliphatic heterocycles. The minimum absolute atomic E-state index is 0.0418. The number of carbonyl (C=O) groups excluding carboxylic acids is 1. The molecule has 1 atom stereocenters. The molecule has 1 unspecified atom stereocenters. The molecule has 0 spiro atoms. The van der Waals surface area contributed by atoms with Crippen LogP contribution in [0.5, 0.6) is 0 Å². The molecule has 2 nitrogen and oxygen atoms in total. The molecule has 4 heteroatoms. The van der Waals surface area contributed by atoms with Crippen LogP contribution in [0.25, 0.3) is 0 Å². The Morgan fingerprint density at radius 2 is 2.11 bits per heavy atom. The lowest BCUT2D eigenvalue weighted by molar-refractivity contribution is -0.115. The largest absolute Gasteiger partial charge is 0.325 e. The summed E-state index contributed by atoms with van der Waals surface area (Å²) in [5.41, 5.74) is 3.19. The first-order chi connectivity index (χ1) is 8.26. The van der Waals surface area contributed by atoms with E-state index in [9.17, 15) is 4.79 Å². The standard InChI is InChI=1S/C14H17BrClNO/c1-14(2,3)7-10(15)9-4-8-5-13(18)17-12(8)6-11(9)16/h4,6,10H,5,7H2,1-3H3,(H,17,18). The smallest absolute Gasteiger partial charge is 0.228 e. The molecule has 1 heterocycles. The highest BCUT2D eigenvalue weighted by Gasteiger charge is 2.24. The van der Waals surface area contributed by atoms with Crippen molar-refractivity contribution in [2.75, 3.05) is 5.32 Å². The topological polar surface area (TPSA) is 29.1 Å². The number of fused-ring (bicyclic) bond motifs is 1. The number of amides is 1. The summed E-state index contributed by atoms with van der Waals surface area (Å²) in [5.74, 6) is 0.0418. The molecule has 0 aliphatic carbocycles. The van der Waals surface area contributed by atoms with Crippen molar-refractivity contribution in [3.8, 4) is 0 Å². The van der Waals surface area contributed by atoms with E-state index in [1.807, 2.05) is 12.1 Å². The summed E-state index contributed by atoms with van der Waals surface area (Å²) >= 11 is 10.0. The van der Waals surface area contributed by atoms with Gasteiger partial charge in [-0.05, 0) is 29.0 Å². The Labute approximate surface area is 121 Å². The predicted molar refractivity (Wildman–Crippen MR) is 79.5 cm³/mol. The molecule has 0 aromatic heterocycles. The Kier molecular flexibility index (Phi) is 3.75. The van der Waals surface area contributed by atoms with Crippen LogP contribution >= 0.6 is 27.5 Å². The van der Waals surface area contributed by atoms with Gasteiger partial charge in [0, 0.05) is 15.5 Å². The normalized spacial score (nSPS) is 16.4. The van der Waals surface area contributed by atoms with Crippen molar-refractivity contribution in [3.05, 3.63) is 28.3 Å². The summed E-state index contributed by atoms with van der Waals surface area (Å²) in [6.45, 7) is 6.61. The fraction of sp³-hybridized carbons (Fsp3) is 0.500. The summed E-state index contributed by atoms with van der Waals surface area (Å²) in [4.78, 5) is 11.6. The lowest BCUT2D eigenvalue weighted by atomic mass is 9.88. The van der Waals surface area contributed by atoms with Gasteiger partial charge >= 0.3 is 0 Å². The molecule has 0 saturated carbocycles. The Morgan fingerprint density at radius 1 is 1.44 bits per heavy atom. The molecule has 1 amide bonds. The monoisotopic (exact) mass is 329 g/mol. The lowest BCUT2D eigenvalue weighted by Crippen LogP contribution is -2.08. The van der Waals surface area contributed by atoms with Gasteiger partial charge in [-0.2, -0.15) is 0 Å². The molecule has 0 radical (unpaired) electrons. The summed E-state index contributed by atoms with van der Waals surface area (Å²) in [5, 5.41) is 3.52. The van der Waals surface area contributed by atoms with Crippen molar-refractivity contribution in [2.45, 2.75) is 38.4 Å². The van der Waals surface area contributed by atoms with Crippen LogP contribution in [0, 0.1) is 5.41 Å². The first-order valence-corrected chi connectivity index (χ1v) is 7.32. The fourth-order valence-electron chi connectivity index (χ4n) is 2.15. The molecule has 98 valence electrons. The third kappa shape index (κ3) is 3.07. The van der Waals surface area contributed by atoms with E-state index >= 15 is 0 Å². The number of anilines is 1. The summed E-state index contributed by atoms with van der Waals surface area (Å²) in [6, 6.07) is 3.90. The summed E-state index contributed by atoms with van der Waals surface area (Å²) in [6.07, 6.45) is 1.45. The van der Waals surface area contributed by atoms with Crippen molar-refractivity contribution in [3.63, 3.8) is 0 Å². The van der Waals surface area contributed by atoms with E-state index in [1.165, 1.54) is 0 Å². The van der Waals surface area contributed by atoms with Gasteiger partial charge in [-0.15, -0.1) is 0 Å². The van der Waals surface area contributed by atoms with E-state index < -0.39 is 0 Å². The molecule has 0 fully saturated rings. The van der Waals surface area contributed by atoms with Crippen LogP contribution in [0.1, 0.15) is 43.1 Å². The number of halogens is 2. The zero-order chi connectivity index (χ0) is 13.5. The van der Waals surface area contributed by atoms with E-state index in [4.69, 9.17) is 11.6 Å². The second kappa shape index (κ2) is 4.86. The van der Waals surface area contributed by atoms with Gasteiger partial charge in [-0.1, -0.05) is 54.4 Å². The van der Waals surface area contributed by atoms with Crippen molar-refractivity contribution in [1.29, 1.82) is 0 Å². The fourth-order valence-corrected chi connectivity index (χ4v) is 3.93. The van der Waals surface area contributed by atoms with Crippen LogP contribution in [0.15, 0.2) is 12.1 Å². The third-order valence-electron chi connectivity index (χ3n) is 2.98. The van der Waals surface area contributed by atoms with Gasteiger partial charge in [0.15, 0.2) is 0 Å². The number of rotatable bonds is 2. The molecule has 0 saturated heterocycles. The first-order valence-electron chi connectivity index (χ1n) is 6.02. The molecule has 1 N–H and O–H groups in total. The van der Waals surface area contributed by atoms with Crippen LogP contribution in [0.4, 0.5) is 5.69 Å². The van der Waals surface area contributed by atoms with Gasteiger partial charge in [0.1, 0.15) is 0 Å². The second-order valence-electron chi connectivity index (χ2n) is 5.99. The third-order valence-corrected chi connectivity index (χ3v) is 4.12. The number of benzene rings is 1. The molecule has 1 aromatic rings. The van der Waals surface area contributed by atoms with Crippen molar-refractivity contribution >= 4 is 39.1 Å². The van der Waals surface area contributed by atoms with Gasteiger partial charge in [0.05, 0.1) is 6.42 Å². The molecule has 0 bridgehead atoms. The van der Waals surface area contributed by atoms with Gasteiger partial charge < -0.3 is 5.32 Å². The minimum Gasteiger partial charge on any atom is -0.325 e. The Balaban J connectivity index is 2.30. The quantitative estimate of drug-likeness (QED) is 0.782. The van der Waals surface area contributed by atoms with E-state index in [0.29, 0.717) is 11.4 Å². The number of hydrogen-bond acceptors (Lipinski definition) is 1. The molecular formula is C14H17BrClNO. The molecular weight excluding hydrogens is 314 g/mol. The van der Waals surface area contributed by atoms with Gasteiger partial charge in [0.25, 0.3) is 0 Å². The molecule has 1 aromatic carbocycles. The average Bonchev–Trinajstić information content (AvgIpc) is 2.53. The number of alkyl halides is 1. The number of carbonyl (C=O) groups is 1. The van der Waals surface area contributed by atoms with Crippen LogP contribution in [-0.2, 0) is 11.2 Å². The summed E-state index contributed by atoms with van der Waals surface area (Å²) in [7, 11) is 0. The number of hydrogen-bond donors (Lipinski definition) is 1. The summed E-state index contributed by atoms with van der Waals surface area (Å²) < 4.78 is 0. The zero-order valence-electron chi connectivity index (χ0n) is 10.8. The zero-order valence-corrected chi connectivity index (χ0v) is 13.2. The maximum Gasteiger partial charge on any atom is 0.228 e.